The molecule has 3 aromatic rings. The second-order valence-electron chi connectivity index (χ2n) is 5.12. The average Bonchev–Trinajstić information content (AvgIpc) is 2.47. The zero-order valence-electron chi connectivity index (χ0n) is 11.9. The number of halogens is 3. The number of hydrogen-bond donors (Lipinski definition) is 1. The molecule has 118 valence electrons. The Morgan fingerprint density at radius 2 is 1.78 bits per heavy atom. The van der Waals surface area contributed by atoms with Gasteiger partial charge >= 0.3 is 0 Å². The fourth-order valence-electron chi connectivity index (χ4n) is 2.57. The highest BCUT2D eigenvalue weighted by Gasteiger charge is 2.20. The van der Waals surface area contributed by atoms with E-state index in [1.165, 1.54) is 29.7 Å². The predicted octanol–water partition coefficient (Wildman–Crippen LogP) is 3.13. The van der Waals surface area contributed by atoms with E-state index in [1.54, 1.807) is 0 Å². The first kappa shape index (κ1) is 15.1. The van der Waals surface area contributed by atoms with Crippen LogP contribution in [0.15, 0.2) is 41.5 Å². The van der Waals surface area contributed by atoms with Crippen LogP contribution in [0.4, 0.5) is 13.2 Å². The molecule has 0 aliphatic heterocycles. The van der Waals surface area contributed by atoms with Crippen molar-refractivity contribution in [1.29, 1.82) is 0 Å². The number of aromatic nitrogens is 2. The van der Waals surface area contributed by atoms with Gasteiger partial charge in [0.15, 0.2) is 0 Å². The van der Waals surface area contributed by atoms with Gasteiger partial charge < -0.3 is 9.67 Å². The summed E-state index contributed by atoms with van der Waals surface area (Å²) in [5.41, 5.74) is -0.566. The van der Waals surface area contributed by atoms with Crippen molar-refractivity contribution in [1.82, 2.24) is 9.55 Å². The molecule has 0 aliphatic rings. The van der Waals surface area contributed by atoms with E-state index < -0.39 is 29.1 Å². The highest BCUT2D eigenvalue weighted by molar-refractivity contribution is 5.79. The number of nitrogens with zero attached hydrogens (tertiary/aromatic N) is 2. The van der Waals surface area contributed by atoms with Gasteiger partial charge in [-0.25, -0.2) is 13.2 Å². The van der Waals surface area contributed by atoms with Gasteiger partial charge in [0.2, 0.25) is 0 Å². The molecular weight excluding hydrogens is 309 g/mol. The SMILES string of the molecule is C[C@H](c1c(F)cc(F)cc1F)n1cnc(=O)c2cc(O)ccc21. The van der Waals surface area contributed by atoms with E-state index in [4.69, 9.17) is 0 Å². The number of hydrogen-bond acceptors (Lipinski definition) is 3. The van der Waals surface area contributed by atoms with E-state index in [-0.39, 0.29) is 16.7 Å². The van der Waals surface area contributed by atoms with Crippen LogP contribution in [0.1, 0.15) is 18.5 Å². The molecule has 0 spiro atoms. The molecule has 0 radical (unpaired) electrons. The number of aromatic hydroxyl groups is 1. The van der Waals surface area contributed by atoms with E-state index in [0.29, 0.717) is 17.6 Å². The fraction of sp³-hybridized carbons (Fsp3) is 0.125. The van der Waals surface area contributed by atoms with Crippen molar-refractivity contribution in [3.05, 3.63) is 70.0 Å². The third kappa shape index (κ3) is 2.54. The van der Waals surface area contributed by atoms with Crippen LogP contribution in [-0.2, 0) is 0 Å². The number of fused-ring (bicyclic) bond motifs is 1. The number of phenols is 1. The first-order chi connectivity index (χ1) is 10.9. The smallest absolute Gasteiger partial charge is 0.280 e. The van der Waals surface area contributed by atoms with E-state index in [0.717, 1.165) is 6.33 Å². The van der Waals surface area contributed by atoms with Gasteiger partial charge in [-0.05, 0) is 25.1 Å². The molecule has 1 N–H and O–H groups in total. The van der Waals surface area contributed by atoms with Crippen LogP contribution in [-0.4, -0.2) is 14.7 Å². The third-order valence-electron chi connectivity index (χ3n) is 3.67. The Morgan fingerprint density at radius 3 is 2.43 bits per heavy atom. The highest BCUT2D eigenvalue weighted by Crippen LogP contribution is 2.27. The van der Waals surface area contributed by atoms with Crippen LogP contribution in [0.5, 0.6) is 5.75 Å². The number of phenolic OH excluding ortho intramolecular Hbond substituents is 1. The molecule has 0 amide bonds. The first-order valence-electron chi connectivity index (χ1n) is 6.73. The lowest BCUT2D eigenvalue weighted by molar-refractivity contribution is 0.475. The van der Waals surface area contributed by atoms with Gasteiger partial charge in [0, 0.05) is 17.7 Å². The molecule has 2 aromatic carbocycles. The second kappa shape index (κ2) is 5.42. The Balaban J connectivity index is 2.25. The molecule has 0 saturated heterocycles. The topological polar surface area (TPSA) is 55.1 Å². The predicted molar refractivity (Wildman–Crippen MR) is 77.8 cm³/mol. The molecular formula is C16H11F3N2O2. The van der Waals surface area contributed by atoms with Crippen LogP contribution in [0.3, 0.4) is 0 Å². The van der Waals surface area contributed by atoms with Crippen molar-refractivity contribution >= 4 is 10.9 Å². The van der Waals surface area contributed by atoms with Gasteiger partial charge in [0.1, 0.15) is 23.2 Å². The molecule has 0 bridgehead atoms. The summed E-state index contributed by atoms with van der Waals surface area (Å²) >= 11 is 0. The van der Waals surface area contributed by atoms with E-state index in [9.17, 15) is 23.1 Å². The maximum Gasteiger partial charge on any atom is 0.280 e. The summed E-state index contributed by atoms with van der Waals surface area (Å²) in [4.78, 5) is 15.4. The lowest BCUT2D eigenvalue weighted by Gasteiger charge is -2.19. The first-order valence-corrected chi connectivity index (χ1v) is 6.73. The van der Waals surface area contributed by atoms with Gasteiger partial charge in [-0.15, -0.1) is 0 Å². The van der Waals surface area contributed by atoms with Crippen molar-refractivity contribution in [2.75, 3.05) is 0 Å². The van der Waals surface area contributed by atoms with Crippen LogP contribution < -0.4 is 5.56 Å². The molecule has 7 heteroatoms. The lowest BCUT2D eigenvalue weighted by Crippen LogP contribution is -2.17. The maximum absolute atomic E-state index is 14.0. The molecule has 0 saturated carbocycles. The van der Waals surface area contributed by atoms with Crippen LogP contribution >= 0.6 is 0 Å². The fourth-order valence-corrected chi connectivity index (χ4v) is 2.57. The molecule has 0 unspecified atom stereocenters. The average molecular weight is 320 g/mol. The Bertz CT molecular complexity index is 946. The van der Waals surface area contributed by atoms with E-state index >= 15 is 0 Å². The minimum atomic E-state index is -1.03. The lowest BCUT2D eigenvalue weighted by atomic mass is 10.1. The van der Waals surface area contributed by atoms with Gasteiger partial charge in [0.05, 0.1) is 23.3 Å². The minimum Gasteiger partial charge on any atom is -0.508 e. The molecule has 0 aliphatic carbocycles. The summed E-state index contributed by atoms with van der Waals surface area (Å²) in [7, 11) is 0. The molecule has 0 fully saturated rings. The molecule has 1 heterocycles. The van der Waals surface area contributed by atoms with Crippen LogP contribution in [0, 0.1) is 17.5 Å². The van der Waals surface area contributed by atoms with Gasteiger partial charge in [0.25, 0.3) is 5.56 Å². The van der Waals surface area contributed by atoms with Crippen molar-refractivity contribution in [3.63, 3.8) is 0 Å². The zero-order chi connectivity index (χ0) is 16.7. The minimum absolute atomic E-state index is 0.113. The summed E-state index contributed by atoms with van der Waals surface area (Å²) in [5, 5.41) is 9.60. The molecule has 4 nitrogen and oxygen atoms in total. The van der Waals surface area contributed by atoms with Crippen LogP contribution in [0.2, 0.25) is 0 Å². The summed E-state index contributed by atoms with van der Waals surface area (Å²) in [6.45, 7) is 1.50. The summed E-state index contributed by atoms with van der Waals surface area (Å²) in [6.07, 6.45) is 1.16. The standard InChI is InChI=1S/C16H11F3N2O2/c1-8(15-12(18)4-9(17)5-13(15)19)21-7-20-16(23)11-6-10(22)2-3-14(11)21/h2-8,22H,1H3/t8-/m1/s1. The van der Waals surface area contributed by atoms with Gasteiger partial charge in [-0.1, -0.05) is 0 Å². The number of rotatable bonds is 2. The maximum atomic E-state index is 14.0. The number of benzene rings is 2. The zero-order valence-corrected chi connectivity index (χ0v) is 11.9. The Hall–Kier alpha value is -2.83. The molecule has 3 rings (SSSR count). The summed E-state index contributed by atoms with van der Waals surface area (Å²) in [5.74, 6) is -3.19. The molecule has 23 heavy (non-hydrogen) atoms. The Kier molecular flexibility index (Phi) is 3.55. The van der Waals surface area contributed by atoms with E-state index in [1.807, 2.05) is 0 Å². The Morgan fingerprint density at radius 1 is 1.13 bits per heavy atom. The van der Waals surface area contributed by atoms with Crippen molar-refractivity contribution < 1.29 is 18.3 Å². The summed E-state index contributed by atoms with van der Waals surface area (Å²) in [6, 6.07) is 4.34. The van der Waals surface area contributed by atoms with Crippen molar-refractivity contribution in [2.24, 2.45) is 0 Å². The van der Waals surface area contributed by atoms with Gasteiger partial charge in [-0.2, -0.15) is 4.98 Å². The van der Waals surface area contributed by atoms with E-state index in [2.05, 4.69) is 4.98 Å². The normalized spacial score (nSPS) is 12.5. The largest absolute Gasteiger partial charge is 0.508 e. The van der Waals surface area contributed by atoms with Gasteiger partial charge in [-0.3, -0.25) is 4.79 Å². The quantitative estimate of drug-likeness (QED) is 0.789. The molecule has 1 aromatic heterocycles. The molecule has 1 atom stereocenters. The summed E-state index contributed by atoms with van der Waals surface area (Å²) < 4.78 is 42.4. The van der Waals surface area contributed by atoms with Crippen molar-refractivity contribution in [2.45, 2.75) is 13.0 Å². The van der Waals surface area contributed by atoms with Crippen molar-refractivity contribution in [3.8, 4) is 5.75 Å². The van der Waals surface area contributed by atoms with Crippen LogP contribution in [0.25, 0.3) is 10.9 Å². The second-order valence-corrected chi connectivity index (χ2v) is 5.12. The third-order valence-corrected chi connectivity index (χ3v) is 3.67. The monoisotopic (exact) mass is 320 g/mol. The Labute approximate surface area is 128 Å². The highest BCUT2D eigenvalue weighted by atomic mass is 19.1.